The Labute approximate surface area is 89.4 Å². The number of aromatic nitrogens is 1. The molecule has 0 saturated heterocycles. The van der Waals surface area contributed by atoms with Crippen molar-refractivity contribution in [3.63, 3.8) is 0 Å². The van der Waals surface area contributed by atoms with E-state index in [1.165, 1.54) is 0 Å². The van der Waals surface area contributed by atoms with Crippen LogP contribution in [0.3, 0.4) is 0 Å². The smallest absolute Gasteiger partial charge is 0.265 e. The second-order valence-corrected chi connectivity index (χ2v) is 4.82. The lowest BCUT2D eigenvalue weighted by Gasteiger charge is -1.96. The summed E-state index contributed by atoms with van der Waals surface area (Å²) in [6.45, 7) is 2.59. The van der Waals surface area contributed by atoms with Gasteiger partial charge in [0.1, 0.15) is 6.54 Å². The lowest BCUT2D eigenvalue weighted by atomic mass is 10.3. The summed E-state index contributed by atoms with van der Waals surface area (Å²) in [5.41, 5.74) is 1.16. The maximum atomic E-state index is 10.4. The minimum absolute atomic E-state index is 0. The zero-order valence-electron chi connectivity index (χ0n) is 8.50. The van der Waals surface area contributed by atoms with Crippen LogP contribution in [0, 0.1) is 6.92 Å². The van der Waals surface area contributed by atoms with Gasteiger partial charge in [-0.3, -0.25) is 4.55 Å². The predicted octanol–water partition coefficient (Wildman–Crippen LogP) is 0.384. The molecule has 1 aromatic heterocycles. The molecule has 0 unspecified atom stereocenters. The molecule has 15 heavy (non-hydrogen) atoms. The molecule has 1 rings (SSSR count). The van der Waals surface area contributed by atoms with Crippen LogP contribution in [0.1, 0.15) is 12.0 Å². The van der Waals surface area contributed by atoms with Gasteiger partial charge in [-0.2, -0.15) is 8.42 Å². The lowest BCUT2D eigenvalue weighted by molar-refractivity contribution is -0.696. The van der Waals surface area contributed by atoms with Crippen molar-refractivity contribution in [3.05, 3.63) is 30.1 Å². The summed E-state index contributed by atoms with van der Waals surface area (Å²) in [6, 6.07) is 3.90. The normalized spacial score (nSPS) is 10.8. The van der Waals surface area contributed by atoms with Crippen LogP contribution < -0.4 is 4.57 Å². The molecule has 5 nitrogen and oxygen atoms in total. The van der Waals surface area contributed by atoms with Crippen molar-refractivity contribution in [3.8, 4) is 0 Å². The second kappa shape index (κ2) is 5.79. The molecule has 0 fully saturated rings. The van der Waals surface area contributed by atoms with Crippen molar-refractivity contribution in [2.75, 3.05) is 5.75 Å². The molecule has 1 aromatic rings. The van der Waals surface area contributed by atoms with E-state index in [1.54, 1.807) is 0 Å². The summed E-state index contributed by atoms with van der Waals surface area (Å²) in [5.74, 6) is -0.187. The molecule has 2 N–H and O–H groups in total. The summed E-state index contributed by atoms with van der Waals surface area (Å²) in [4.78, 5) is 0. The van der Waals surface area contributed by atoms with Gasteiger partial charge in [0.05, 0.1) is 5.75 Å². The number of rotatable bonds is 4. The van der Waals surface area contributed by atoms with Crippen LogP contribution in [0.15, 0.2) is 24.5 Å². The summed E-state index contributed by atoms with van der Waals surface area (Å²) < 4.78 is 31.2. The first-order valence-corrected chi connectivity index (χ1v) is 5.99. The van der Waals surface area contributed by atoms with E-state index in [0.29, 0.717) is 13.0 Å². The van der Waals surface area contributed by atoms with E-state index in [1.807, 2.05) is 36.0 Å². The molecule has 0 aliphatic carbocycles. The van der Waals surface area contributed by atoms with Gasteiger partial charge in [0, 0.05) is 18.6 Å². The summed E-state index contributed by atoms with van der Waals surface area (Å²) in [5, 5.41) is 0. The maximum Gasteiger partial charge on any atom is 0.265 e. The summed E-state index contributed by atoms with van der Waals surface area (Å²) in [7, 11) is -3.82. The number of aryl methyl sites for hydroxylation is 2. The quantitative estimate of drug-likeness (QED) is 0.601. The van der Waals surface area contributed by atoms with Crippen LogP contribution in [-0.2, 0) is 16.7 Å². The van der Waals surface area contributed by atoms with Gasteiger partial charge < -0.3 is 5.48 Å². The van der Waals surface area contributed by atoms with Crippen molar-refractivity contribution in [2.45, 2.75) is 19.9 Å². The molecule has 1 heterocycles. The van der Waals surface area contributed by atoms with Crippen molar-refractivity contribution in [2.24, 2.45) is 0 Å². The third-order valence-corrected chi connectivity index (χ3v) is 2.68. The van der Waals surface area contributed by atoms with E-state index < -0.39 is 10.1 Å². The van der Waals surface area contributed by atoms with Gasteiger partial charge >= 0.3 is 0 Å². The lowest BCUT2D eigenvalue weighted by Crippen LogP contribution is -2.33. The highest BCUT2D eigenvalue weighted by Gasteiger charge is 2.06. The molecule has 0 radical (unpaired) electrons. The first-order valence-electron chi connectivity index (χ1n) is 4.38. The first kappa shape index (κ1) is 14.0. The molecule has 0 spiro atoms. The van der Waals surface area contributed by atoms with E-state index in [-0.39, 0.29) is 11.2 Å². The molecule has 0 amide bonds. The standard InChI is InChI=1S/C9H13NO3S.H2O/c1-9-3-6-10(7-4-9)5-2-8-14(11,12)13;/h3-4,6-7H,2,5,8H2,1H3;1H2. The molecule has 0 bridgehead atoms. The summed E-state index contributed by atoms with van der Waals surface area (Å²) >= 11 is 0. The zero-order chi connectivity index (χ0) is 10.6. The van der Waals surface area contributed by atoms with Gasteiger partial charge in [-0.05, 0) is 12.5 Å². The fourth-order valence-corrected chi connectivity index (χ4v) is 1.60. The Morgan fingerprint density at radius 3 is 2.33 bits per heavy atom. The average molecular weight is 233 g/mol. The van der Waals surface area contributed by atoms with Crippen LogP contribution >= 0.6 is 0 Å². The minimum atomic E-state index is -3.82. The zero-order valence-corrected chi connectivity index (χ0v) is 9.31. The molecule has 86 valence electrons. The SMILES string of the molecule is Cc1cc[n+](CCCS(=O)(=O)O)cc1.[OH-]. The fraction of sp³-hybridized carbons (Fsp3) is 0.444. The van der Waals surface area contributed by atoms with Crippen molar-refractivity contribution >= 4 is 10.1 Å². The molecule has 0 aliphatic rings. The molecule has 0 atom stereocenters. The minimum Gasteiger partial charge on any atom is -0.870 e. The predicted molar refractivity (Wildman–Crippen MR) is 54.3 cm³/mol. The number of hydrogen-bond donors (Lipinski definition) is 1. The molecule has 0 saturated carbocycles. The van der Waals surface area contributed by atoms with E-state index in [4.69, 9.17) is 4.55 Å². The van der Waals surface area contributed by atoms with Gasteiger partial charge in [-0.25, -0.2) is 4.57 Å². The maximum absolute atomic E-state index is 10.4. The monoisotopic (exact) mass is 233 g/mol. The van der Waals surface area contributed by atoms with E-state index in [9.17, 15) is 8.42 Å². The molecule has 6 heteroatoms. The van der Waals surface area contributed by atoms with Crippen LogP contribution in [0.25, 0.3) is 0 Å². The Morgan fingerprint density at radius 2 is 1.87 bits per heavy atom. The highest BCUT2D eigenvalue weighted by molar-refractivity contribution is 7.85. The molecular formula is C9H15NO4S. The number of hydrogen-bond acceptors (Lipinski definition) is 3. The van der Waals surface area contributed by atoms with Crippen molar-refractivity contribution < 1.29 is 23.0 Å². The molecule has 0 aromatic carbocycles. The Kier molecular flexibility index (Phi) is 5.41. The van der Waals surface area contributed by atoms with Crippen LogP contribution in [-0.4, -0.2) is 24.2 Å². The largest absolute Gasteiger partial charge is 0.870 e. The van der Waals surface area contributed by atoms with Crippen molar-refractivity contribution in [1.29, 1.82) is 0 Å². The third kappa shape index (κ3) is 6.16. The van der Waals surface area contributed by atoms with Crippen LogP contribution in [0.2, 0.25) is 0 Å². The van der Waals surface area contributed by atoms with Gasteiger partial charge in [-0.1, -0.05) is 0 Å². The Balaban J connectivity index is 0.00000196. The Bertz CT molecular complexity index is 385. The topological polar surface area (TPSA) is 88.2 Å². The van der Waals surface area contributed by atoms with Crippen LogP contribution in [0.5, 0.6) is 0 Å². The molecule has 0 aliphatic heterocycles. The Morgan fingerprint density at radius 1 is 1.33 bits per heavy atom. The van der Waals surface area contributed by atoms with Gasteiger partial charge in [0.2, 0.25) is 0 Å². The molecular weight excluding hydrogens is 218 g/mol. The second-order valence-electron chi connectivity index (χ2n) is 3.25. The van der Waals surface area contributed by atoms with Gasteiger partial charge in [-0.15, -0.1) is 0 Å². The highest BCUT2D eigenvalue weighted by Crippen LogP contribution is 1.92. The third-order valence-electron chi connectivity index (χ3n) is 1.88. The van der Waals surface area contributed by atoms with Gasteiger partial charge in [0.15, 0.2) is 12.4 Å². The van der Waals surface area contributed by atoms with Gasteiger partial charge in [0.25, 0.3) is 10.1 Å². The first-order chi connectivity index (χ1) is 6.47. The van der Waals surface area contributed by atoms with E-state index in [0.717, 1.165) is 5.56 Å². The number of nitrogens with zero attached hydrogens (tertiary/aromatic N) is 1. The van der Waals surface area contributed by atoms with Crippen molar-refractivity contribution in [1.82, 2.24) is 0 Å². The highest BCUT2D eigenvalue weighted by atomic mass is 32.2. The van der Waals surface area contributed by atoms with E-state index in [2.05, 4.69) is 0 Å². The van der Waals surface area contributed by atoms with E-state index >= 15 is 0 Å². The summed E-state index contributed by atoms with van der Waals surface area (Å²) in [6.07, 6.45) is 4.20. The average Bonchev–Trinajstić information content (AvgIpc) is 2.06. The Hall–Kier alpha value is -0.980. The fourth-order valence-electron chi connectivity index (χ4n) is 1.11. The van der Waals surface area contributed by atoms with Crippen LogP contribution in [0.4, 0.5) is 0 Å². The number of pyridine rings is 1.